The van der Waals surface area contributed by atoms with Gasteiger partial charge in [0.2, 0.25) is 11.8 Å². The summed E-state index contributed by atoms with van der Waals surface area (Å²) >= 11 is 0. The van der Waals surface area contributed by atoms with Crippen LogP contribution in [-0.2, 0) is 19.7 Å². The van der Waals surface area contributed by atoms with Crippen LogP contribution in [0.25, 0.3) is 0 Å². The standard InChI is InChI=1S/C24H37N3O4/c1-24(2,3)20-6-8-21(9-7-20)31-16-4-5-22(28)26-10-12-27(13-11-26)23(29)19-25-14-17-30-18-15-25/h6-9H,4-5,10-19H2,1-3H3. The fourth-order valence-electron chi connectivity index (χ4n) is 3.88. The Balaban J connectivity index is 1.31. The molecule has 2 heterocycles. The van der Waals surface area contributed by atoms with Crippen molar-refractivity contribution < 1.29 is 19.1 Å². The molecule has 1 aromatic rings. The summed E-state index contributed by atoms with van der Waals surface area (Å²) < 4.78 is 11.1. The van der Waals surface area contributed by atoms with Crippen molar-refractivity contribution in [1.29, 1.82) is 0 Å². The second-order valence-electron chi connectivity index (χ2n) is 9.38. The monoisotopic (exact) mass is 431 g/mol. The van der Waals surface area contributed by atoms with Gasteiger partial charge in [-0.25, -0.2) is 0 Å². The van der Waals surface area contributed by atoms with Crippen LogP contribution in [0, 0.1) is 0 Å². The van der Waals surface area contributed by atoms with Gasteiger partial charge in [0.1, 0.15) is 5.75 Å². The highest BCUT2D eigenvalue weighted by atomic mass is 16.5. The number of carbonyl (C=O) groups is 2. The molecule has 0 atom stereocenters. The molecule has 0 N–H and O–H groups in total. The summed E-state index contributed by atoms with van der Waals surface area (Å²) in [5, 5.41) is 0. The fraction of sp³-hybridized carbons (Fsp3) is 0.667. The highest BCUT2D eigenvalue weighted by Gasteiger charge is 2.25. The van der Waals surface area contributed by atoms with Crippen LogP contribution in [0.2, 0.25) is 0 Å². The van der Waals surface area contributed by atoms with Crippen LogP contribution >= 0.6 is 0 Å². The van der Waals surface area contributed by atoms with Gasteiger partial charge in [-0.3, -0.25) is 14.5 Å². The highest BCUT2D eigenvalue weighted by molar-refractivity contribution is 5.79. The van der Waals surface area contributed by atoms with Crippen molar-refractivity contribution >= 4 is 11.8 Å². The molecule has 2 fully saturated rings. The summed E-state index contributed by atoms with van der Waals surface area (Å²) in [5.41, 5.74) is 1.40. The summed E-state index contributed by atoms with van der Waals surface area (Å²) in [5.74, 6) is 1.14. The number of rotatable bonds is 7. The van der Waals surface area contributed by atoms with Crippen LogP contribution in [0.4, 0.5) is 0 Å². The Hall–Kier alpha value is -2.12. The lowest BCUT2D eigenvalue weighted by atomic mass is 9.87. The molecule has 0 bridgehead atoms. The lowest BCUT2D eigenvalue weighted by molar-refractivity contribution is -0.140. The van der Waals surface area contributed by atoms with E-state index in [0.29, 0.717) is 65.4 Å². The van der Waals surface area contributed by atoms with Crippen molar-refractivity contribution in [1.82, 2.24) is 14.7 Å². The van der Waals surface area contributed by atoms with E-state index in [-0.39, 0.29) is 17.2 Å². The number of amides is 2. The lowest BCUT2D eigenvalue weighted by Gasteiger charge is -2.36. The summed E-state index contributed by atoms with van der Waals surface area (Å²) in [4.78, 5) is 30.9. The first-order valence-corrected chi connectivity index (χ1v) is 11.4. The Morgan fingerprint density at radius 1 is 0.903 bits per heavy atom. The summed E-state index contributed by atoms with van der Waals surface area (Å²) in [6.07, 6.45) is 1.16. The van der Waals surface area contributed by atoms with Crippen molar-refractivity contribution in [2.45, 2.75) is 39.0 Å². The number of carbonyl (C=O) groups excluding carboxylic acids is 2. The molecule has 0 unspecified atom stereocenters. The predicted molar refractivity (Wildman–Crippen MR) is 120 cm³/mol. The van der Waals surface area contributed by atoms with Crippen molar-refractivity contribution in [2.24, 2.45) is 0 Å². The maximum atomic E-state index is 12.5. The quantitative estimate of drug-likeness (QED) is 0.619. The average molecular weight is 432 g/mol. The Kier molecular flexibility index (Phi) is 8.32. The SMILES string of the molecule is CC(C)(C)c1ccc(OCCCC(=O)N2CCN(C(=O)CN3CCOCC3)CC2)cc1. The van der Waals surface area contributed by atoms with Gasteiger partial charge >= 0.3 is 0 Å². The van der Waals surface area contributed by atoms with Crippen LogP contribution in [0.15, 0.2) is 24.3 Å². The molecule has 7 nitrogen and oxygen atoms in total. The van der Waals surface area contributed by atoms with Gasteiger partial charge in [0, 0.05) is 45.7 Å². The van der Waals surface area contributed by atoms with E-state index in [1.807, 2.05) is 21.9 Å². The number of ether oxygens (including phenoxy) is 2. The number of hydrogen-bond donors (Lipinski definition) is 0. The van der Waals surface area contributed by atoms with Gasteiger partial charge in [0.25, 0.3) is 0 Å². The second kappa shape index (κ2) is 11.0. The third-order valence-electron chi connectivity index (χ3n) is 5.97. The molecule has 1 aromatic carbocycles. The van der Waals surface area contributed by atoms with Gasteiger partial charge in [-0.2, -0.15) is 0 Å². The molecule has 0 spiro atoms. The van der Waals surface area contributed by atoms with Crippen molar-refractivity contribution in [3.63, 3.8) is 0 Å². The molecule has 2 aliphatic rings. The summed E-state index contributed by atoms with van der Waals surface area (Å²) in [6, 6.07) is 8.19. The van der Waals surface area contributed by atoms with E-state index in [9.17, 15) is 9.59 Å². The molecule has 172 valence electrons. The van der Waals surface area contributed by atoms with Crippen LogP contribution in [-0.4, -0.2) is 92.1 Å². The zero-order valence-electron chi connectivity index (χ0n) is 19.3. The van der Waals surface area contributed by atoms with Crippen molar-refractivity contribution in [2.75, 3.05) is 65.6 Å². The maximum absolute atomic E-state index is 12.5. The lowest BCUT2D eigenvalue weighted by Crippen LogP contribution is -2.53. The van der Waals surface area contributed by atoms with Gasteiger partial charge in [-0.05, 0) is 29.5 Å². The molecule has 0 aliphatic carbocycles. The Morgan fingerprint density at radius 2 is 1.48 bits per heavy atom. The van der Waals surface area contributed by atoms with Gasteiger partial charge in [0.05, 0.1) is 26.4 Å². The van der Waals surface area contributed by atoms with Crippen LogP contribution in [0.5, 0.6) is 5.75 Å². The topological polar surface area (TPSA) is 62.3 Å². The van der Waals surface area contributed by atoms with E-state index < -0.39 is 0 Å². The Labute approximate surface area is 186 Å². The average Bonchev–Trinajstić information content (AvgIpc) is 2.77. The normalized spacial score (nSPS) is 18.2. The number of nitrogens with zero attached hydrogens (tertiary/aromatic N) is 3. The van der Waals surface area contributed by atoms with Crippen molar-refractivity contribution in [3.8, 4) is 5.75 Å². The third-order valence-corrected chi connectivity index (χ3v) is 5.97. The minimum atomic E-state index is 0.127. The second-order valence-corrected chi connectivity index (χ2v) is 9.38. The van der Waals surface area contributed by atoms with E-state index in [1.54, 1.807) is 0 Å². The van der Waals surface area contributed by atoms with Crippen LogP contribution in [0.1, 0.15) is 39.2 Å². The largest absolute Gasteiger partial charge is 0.494 e. The van der Waals surface area contributed by atoms with Crippen molar-refractivity contribution in [3.05, 3.63) is 29.8 Å². The van der Waals surface area contributed by atoms with Crippen LogP contribution < -0.4 is 4.74 Å². The zero-order chi connectivity index (χ0) is 22.3. The van der Waals surface area contributed by atoms with Gasteiger partial charge in [0.15, 0.2) is 0 Å². The molecule has 2 saturated heterocycles. The van der Waals surface area contributed by atoms with E-state index in [2.05, 4.69) is 37.8 Å². The fourth-order valence-corrected chi connectivity index (χ4v) is 3.88. The first kappa shape index (κ1) is 23.5. The van der Waals surface area contributed by atoms with E-state index in [4.69, 9.17) is 9.47 Å². The zero-order valence-corrected chi connectivity index (χ0v) is 19.3. The van der Waals surface area contributed by atoms with Gasteiger partial charge < -0.3 is 19.3 Å². The minimum absolute atomic E-state index is 0.127. The molecule has 0 radical (unpaired) electrons. The highest BCUT2D eigenvalue weighted by Crippen LogP contribution is 2.24. The van der Waals surface area contributed by atoms with E-state index in [1.165, 1.54) is 5.56 Å². The first-order chi connectivity index (χ1) is 14.8. The van der Waals surface area contributed by atoms with E-state index in [0.717, 1.165) is 18.8 Å². The molecular formula is C24H37N3O4. The maximum Gasteiger partial charge on any atom is 0.236 e. The molecule has 2 amide bonds. The molecule has 2 aliphatic heterocycles. The van der Waals surface area contributed by atoms with Gasteiger partial charge in [-0.15, -0.1) is 0 Å². The molecule has 0 saturated carbocycles. The van der Waals surface area contributed by atoms with Crippen LogP contribution in [0.3, 0.4) is 0 Å². The number of morpholine rings is 1. The number of hydrogen-bond acceptors (Lipinski definition) is 5. The third kappa shape index (κ3) is 7.21. The molecular weight excluding hydrogens is 394 g/mol. The van der Waals surface area contributed by atoms with Gasteiger partial charge in [-0.1, -0.05) is 32.9 Å². The number of piperazine rings is 1. The Bertz CT molecular complexity index is 715. The molecule has 31 heavy (non-hydrogen) atoms. The predicted octanol–water partition coefficient (Wildman–Crippen LogP) is 2.15. The molecule has 7 heteroatoms. The molecule has 0 aromatic heterocycles. The number of benzene rings is 1. The van der Waals surface area contributed by atoms with E-state index >= 15 is 0 Å². The first-order valence-electron chi connectivity index (χ1n) is 11.4. The summed E-state index contributed by atoms with van der Waals surface area (Å²) in [7, 11) is 0. The minimum Gasteiger partial charge on any atom is -0.494 e. The molecule has 3 rings (SSSR count). The summed E-state index contributed by atoms with van der Waals surface area (Å²) in [6.45, 7) is 13.0. The Morgan fingerprint density at radius 3 is 2.06 bits per heavy atom. The smallest absolute Gasteiger partial charge is 0.236 e.